The van der Waals surface area contributed by atoms with Crippen molar-refractivity contribution in [2.75, 3.05) is 0 Å². The van der Waals surface area contributed by atoms with Crippen LogP contribution in [0.5, 0.6) is 0 Å². The maximum Gasteiger partial charge on any atom is 0.228 e. The first-order chi connectivity index (χ1) is 12.6. The minimum atomic E-state index is 0.556. The Balaban J connectivity index is 1.67. The molecule has 0 spiro atoms. The van der Waals surface area contributed by atoms with Gasteiger partial charge in [0.1, 0.15) is 5.52 Å². The van der Waals surface area contributed by atoms with Crippen LogP contribution in [0.4, 0.5) is 5.69 Å². The molecular formula is C20H11BrCl2N2O. The first kappa shape index (κ1) is 17.3. The van der Waals surface area contributed by atoms with E-state index in [2.05, 4.69) is 25.9 Å². The predicted molar refractivity (Wildman–Crippen MR) is 111 cm³/mol. The van der Waals surface area contributed by atoms with Crippen LogP contribution in [-0.2, 0) is 0 Å². The van der Waals surface area contributed by atoms with E-state index in [1.54, 1.807) is 18.3 Å². The summed E-state index contributed by atoms with van der Waals surface area (Å²) in [6.07, 6.45) is 1.70. The van der Waals surface area contributed by atoms with E-state index in [0.717, 1.165) is 26.8 Å². The van der Waals surface area contributed by atoms with Gasteiger partial charge in [0.2, 0.25) is 5.89 Å². The zero-order valence-electron chi connectivity index (χ0n) is 13.3. The Morgan fingerprint density at radius 2 is 1.85 bits per heavy atom. The molecule has 0 saturated carbocycles. The predicted octanol–water partition coefficient (Wildman–Crippen LogP) is 7.31. The lowest BCUT2D eigenvalue weighted by atomic mass is 10.2. The molecular weight excluding hydrogens is 435 g/mol. The number of fused-ring (bicyclic) bond motifs is 1. The average Bonchev–Trinajstić information content (AvgIpc) is 3.04. The molecule has 0 atom stereocenters. The lowest BCUT2D eigenvalue weighted by Gasteiger charge is -1.98. The second-order valence-corrected chi connectivity index (χ2v) is 7.27. The highest BCUT2D eigenvalue weighted by Gasteiger charge is 2.11. The fourth-order valence-electron chi connectivity index (χ4n) is 2.50. The summed E-state index contributed by atoms with van der Waals surface area (Å²) in [5.41, 5.74) is 3.91. The Morgan fingerprint density at radius 1 is 1.00 bits per heavy atom. The van der Waals surface area contributed by atoms with Gasteiger partial charge in [-0.25, -0.2) is 4.98 Å². The van der Waals surface area contributed by atoms with Crippen LogP contribution in [0.3, 0.4) is 0 Å². The zero-order valence-corrected chi connectivity index (χ0v) is 16.4. The highest BCUT2D eigenvalue weighted by Crippen LogP contribution is 2.31. The molecule has 6 heteroatoms. The van der Waals surface area contributed by atoms with Gasteiger partial charge in [0.15, 0.2) is 5.58 Å². The Bertz CT molecular complexity index is 1140. The molecule has 0 saturated heterocycles. The van der Waals surface area contributed by atoms with E-state index in [0.29, 0.717) is 21.5 Å². The molecule has 0 unspecified atom stereocenters. The Morgan fingerprint density at radius 3 is 2.65 bits per heavy atom. The monoisotopic (exact) mass is 444 g/mol. The van der Waals surface area contributed by atoms with E-state index >= 15 is 0 Å². The van der Waals surface area contributed by atoms with Crippen LogP contribution < -0.4 is 0 Å². The number of hydrogen-bond acceptors (Lipinski definition) is 3. The van der Waals surface area contributed by atoms with Crippen molar-refractivity contribution in [2.45, 2.75) is 0 Å². The molecule has 128 valence electrons. The lowest BCUT2D eigenvalue weighted by molar-refractivity contribution is 0.619. The third-order valence-electron chi connectivity index (χ3n) is 3.79. The maximum atomic E-state index is 6.17. The van der Waals surface area contributed by atoms with E-state index in [1.807, 2.05) is 48.5 Å². The third kappa shape index (κ3) is 3.54. The lowest BCUT2D eigenvalue weighted by Crippen LogP contribution is -1.82. The molecule has 4 rings (SSSR count). The van der Waals surface area contributed by atoms with Crippen LogP contribution in [-0.4, -0.2) is 11.2 Å². The highest BCUT2D eigenvalue weighted by molar-refractivity contribution is 9.10. The number of rotatable bonds is 3. The number of aliphatic imine (C=N–C) groups is 1. The summed E-state index contributed by atoms with van der Waals surface area (Å²) in [6.45, 7) is 0. The molecule has 0 amide bonds. The molecule has 0 radical (unpaired) electrons. The summed E-state index contributed by atoms with van der Waals surface area (Å²) >= 11 is 15.6. The van der Waals surface area contributed by atoms with Gasteiger partial charge in [-0.2, -0.15) is 0 Å². The number of aromatic nitrogens is 1. The normalized spacial score (nSPS) is 11.5. The van der Waals surface area contributed by atoms with Gasteiger partial charge < -0.3 is 4.42 Å². The second-order valence-electron chi connectivity index (χ2n) is 5.57. The van der Waals surface area contributed by atoms with E-state index < -0.39 is 0 Å². The second kappa shape index (κ2) is 7.23. The fourth-order valence-corrected chi connectivity index (χ4v) is 3.41. The fraction of sp³-hybridized carbons (Fsp3) is 0. The van der Waals surface area contributed by atoms with E-state index in [4.69, 9.17) is 27.6 Å². The van der Waals surface area contributed by atoms with Crippen molar-refractivity contribution in [3.8, 4) is 11.5 Å². The highest BCUT2D eigenvalue weighted by atomic mass is 79.9. The van der Waals surface area contributed by atoms with Crippen molar-refractivity contribution >= 4 is 62.1 Å². The molecule has 0 bridgehead atoms. The number of oxazole rings is 1. The Kier molecular flexibility index (Phi) is 4.81. The van der Waals surface area contributed by atoms with Crippen LogP contribution in [0.15, 0.2) is 74.5 Å². The molecule has 4 aromatic rings. The van der Waals surface area contributed by atoms with Crippen LogP contribution in [0.25, 0.3) is 22.6 Å². The Labute approximate surface area is 168 Å². The van der Waals surface area contributed by atoms with Crippen molar-refractivity contribution in [3.63, 3.8) is 0 Å². The van der Waals surface area contributed by atoms with Gasteiger partial charge in [0.05, 0.1) is 16.3 Å². The SMILES string of the molecule is Clc1ccc(C=Nc2ccc3oc(-c4ccccc4Br)nc3c2)c(Cl)c1. The molecule has 3 nitrogen and oxygen atoms in total. The van der Waals surface area contributed by atoms with Crippen LogP contribution in [0, 0.1) is 0 Å². The number of hydrogen-bond donors (Lipinski definition) is 0. The van der Waals surface area contributed by atoms with Crippen LogP contribution in [0.2, 0.25) is 10.0 Å². The zero-order chi connectivity index (χ0) is 18.1. The number of nitrogens with zero attached hydrogens (tertiary/aromatic N) is 2. The molecule has 0 aliphatic carbocycles. The number of benzene rings is 3. The summed E-state index contributed by atoms with van der Waals surface area (Å²) < 4.78 is 6.79. The van der Waals surface area contributed by atoms with Crippen molar-refractivity contribution < 1.29 is 4.42 Å². The summed E-state index contributed by atoms with van der Waals surface area (Å²) in [4.78, 5) is 9.05. The van der Waals surface area contributed by atoms with E-state index in [-0.39, 0.29) is 0 Å². The van der Waals surface area contributed by atoms with Crippen LogP contribution >= 0.6 is 39.1 Å². The van der Waals surface area contributed by atoms with Gasteiger partial charge in [0.25, 0.3) is 0 Å². The van der Waals surface area contributed by atoms with Gasteiger partial charge in [-0.3, -0.25) is 4.99 Å². The van der Waals surface area contributed by atoms with Crippen LogP contribution in [0.1, 0.15) is 5.56 Å². The molecule has 0 aliphatic heterocycles. The number of halogens is 3. The van der Waals surface area contributed by atoms with Gasteiger partial charge in [0, 0.05) is 21.3 Å². The summed E-state index contributed by atoms with van der Waals surface area (Å²) in [5.74, 6) is 0.564. The topological polar surface area (TPSA) is 38.4 Å². The van der Waals surface area contributed by atoms with Gasteiger partial charge in [-0.15, -0.1) is 0 Å². The molecule has 1 aromatic heterocycles. The first-order valence-electron chi connectivity index (χ1n) is 7.75. The van der Waals surface area contributed by atoms with Crippen molar-refractivity contribution in [3.05, 3.63) is 80.7 Å². The summed E-state index contributed by atoms with van der Waals surface area (Å²) in [5, 5.41) is 1.15. The van der Waals surface area contributed by atoms with E-state index in [9.17, 15) is 0 Å². The largest absolute Gasteiger partial charge is 0.436 e. The van der Waals surface area contributed by atoms with Gasteiger partial charge >= 0.3 is 0 Å². The molecule has 0 aliphatic rings. The maximum absolute atomic E-state index is 6.17. The average molecular weight is 446 g/mol. The minimum Gasteiger partial charge on any atom is -0.436 e. The quantitative estimate of drug-likeness (QED) is 0.310. The first-order valence-corrected chi connectivity index (χ1v) is 9.30. The van der Waals surface area contributed by atoms with Crippen molar-refractivity contribution in [1.29, 1.82) is 0 Å². The molecule has 0 N–H and O–H groups in total. The third-order valence-corrected chi connectivity index (χ3v) is 5.04. The Hall–Kier alpha value is -2.14. The van der Waals surface area contributed by atoms with Gasteiger partial charge in [-0.05, 0) is 58.4 Å². The smallest absolute Gasteiger partial charge is 0.228 e. The summed E-state index contributed by atoms with van der Waals surface area (Å²) in [7, 11) is 0. The summed E-state index contributed by atoms with van der Waals surface area (Å²) in [6, 6.07) is 18.7. The standard InChI is InChI=1S/C20H11BrCl2N2O/c21-16-4-2-1-3-15(16)20-25-18-10-14(7-8-19(18)26-20)24-11-12-5-6-13(22)9-17(12)23/h1-11H. The molecule has 3 aromatic carbocycles. The van der Waals surface area contributed by atoms with Gasteiger partial charge in [-0.1, -0.05) is 41.4 Å². The molecule has 1 heterocycles. The molecule has 0 fully saturated rings. The minimum absolute atomic E-state index is 0.556. The molecule has 26 heavy (non-hydrogen) atoms. The van der Waals surface area contributed by atoms with Crippen molar-refractivity contribution in [2.24, 2.45) is 4.99 Å². The van der Waals surface area contributed by atoms with E-state index in [1.165, 1.54) is 0 Å². The van der Waals surface area contributed by atoms with Crippen molar-refractivity contribution in [1.82, 2.24) is 4.98 Å².